The van der Waals surface area contributed by atoms with E-state index in [2.05, 4.69) is 10.7 Å². The molecule has 2 aromatic rings. The van der Waals surface area contributed by atoms with Crippen molar-refractivity contribution in [1.82, 2.24) is 5.43 Å². The monoisotopic (exact) mass is 305 g/mol. The summed E-state index contributed by atoms with van der Waals surface area (Å²) in [6.45, 7) is 1.95. The van der Waals surface area contributed by atoms with Crippen molar-refractivity contribution in [3.63, 3.8) is 0 Å². The van der Waals surface area contributed by atoms with E-state index in [4.69, 9.17) is 23.8 Å². The van der Waals surface area contributed by atoms with Crippen molar-refractivity contribution in [2.75, 3.05) is 17.4 Å². The van der Waals surface area contributed by atoms with Gasteiger partial charge >= 0.3 is 0 Å². The van der Waals surface area contributed by atoms with Crippen molar-refractivity contribution < 1.29 is 0 Å². The number of rotatable bonds is 3. The summed E-state index contributed by atoms with van der Waals surface area (Å²) < 4.78 is 0. The first-order valence-corrected chi connectivity index (χ1v) is 6.98. The molecule has 0 atom stereocenters. The van der Waals surface area contributed by atoms with Crippen LogP contribution in [0.5, 0.6) is 0 Å². The molecule has 0 aliphatic rings. The van der Waals surface area contributed by atoms with Gasteiger partial charge in [0.05, 0.1) is 5.69 Å². The zero-order valence-corrected chi connectivity index (χ0v) is 12.9. The molecule has 2 aromatic carbocycles. The molecule has 0 fully saturated rings. The topological polar surface area (TPSA) is 27.3 Å². The maximum atomic E-state index is 6.08. The van der Waals surface area contributed by atoms with Gasteiger partial charge in [0.1, 0.15) is 0 Å². The van der Waals surface area contributed by atoms with Gasteiger partial charge in [-0.3, -0.25) is 10.4 Å². The molecule has 0 saturated heterocycles. The summed E-state index contributed by atoms with van der Waals surface area (Å²) in [5.74, 6) is 0. The second-order valence-corrected chi connectivity index (χ2v) is 5.19. The average Bonchev–Trinajstić information content (AvgIpc) is 2.45. The van der Waals surface area contributed by atoms with Crippen LogP contribution in [-0.4, -0.2) is 12.2 Å². The number of nitrogens with zero attached hydrogens (tertiary/aromatic N) is 1. The Morgan fingerprint density at radius 3 is 2.50 bits per heavy atom. The standard InChI is InChI=1S/C15H16ClN3S/c1-11-13(16)9-6-10-14(11)17-15(20)18-19(2)12-7-4-3-5-8-12/h3-10H,1-2H3,(H2,17,18,20). The van der Waals surface area contributed by atoms with Crippen LogP contribution in [0.3, 0.4) is 0 Å². The second kappa shape index (κ2) is 6.59. The van der Waals surface area contributed by atoms with E-state index < -0.39 is 0 Å². The summed E-state index contributed by atoms with van der Waals surface area (Å²) in [5, 5.41) is 6.23. The summed E-state index contributed by atoms with van der Waals surface area (Å²) in [7, 11) is 1.91. The number of anilines is 2. The minimum absolute atomic E-state index is 0.515. The van der Waals surface area contributed by atoms with E-state index in [1.165, 1.54) is 0 Å². The number of para-hydroxylation sites is 1. The summed E-state index contributed by atoms with van der Waals surface area (Å²) >= 11 is 11.4. The van der Waals surface area contributed by atoms with Crippen LogP contribution < -0.4 is 15.8 Å². The van der Waals surface area contributed by atoms with E-state index in [-0.39, 0.29) is 0 Å². The third kappa shape index (κ3) is 3.62. The molecule has 0 radical (unpaired) electrons. The SMILES string of the molecule is Cc1c(Cl)cccc1NC(=S)NN(C)c1ccccc1. The molecule has 0 aromatic heterocycles. The van der Waals surface area contributed by atoms with Crippen molar-refractivity contribution in [2.24, 2.45) is 0 Å². The van der Waals surface area contributed by atoms with E-state index in [9.17, 15) is 0 Å². The predicted molar refractivity (Wildman–Crippen MR) is 90.4 cm³/mol. The fourth-order valence-electron chi connectivity index (χ4n) is 1.76. The molecule has 0 unspecified atom stereocenters. The highest BCUT2D eigenvalue weighted by Gasteiger charge is 2.06. The summed E-state index contributed by atoms with van der Waals surface area (Å²) in [6, 6.07) is 15.6. The van der Waals surface area contributed by atoms with Gasteiger partial charge in [-0.1, -0.05) is 35.9 Å². The first kappa shape index (κ1) is 14.6. The molecular weight excluding hydrogens is 290 g/mol. The molecule has 0 bridgehead atoms. The van der Waals surface area contributed by atoms with Crippen molar-refractivity contribution in [1.29, 1.82) is 0 Å². The quantitative estimate of drug-likeness (QED) is 0.662. The zero-order chi connectivity index (χ0) is 14.5. The average molecular weight is 306 g/mol. The number of hydrogen-bond donors (Lipinski definition) is 2. The first-order chi connectivity index (χ1) is 9.58. The summed E-state index contributed by atoms with van der Waals surface area (Å²) in [5.41, 5.74) is 6.00. The highest BCUT2D eigenvalue weighted by molar-refractivity contribution is 7.80. The Hall–Kier alpha value is -1.78. The number of nitrogens with one attached hydrogen (secondary N) is 2. The van der Waals surface area contributed by atoms with Crippen molar-refractivity contribution >= 4 is 40.3 Å². The van der Waals surface area contributed by atoms with Crippen LogP contribution in [0.15, 0.2) is 48.5 Å². The number of hydrogen-bond acceptors (Lipinski definition) is 2. The number of hydrazine groups is 1. The maximum absolute atomic E-state index is 6.08. The smallest absolute Gasteiger partial charge is 0.189 e. The lowest BCUT2D eigenvalue weighted by molar-refractivity contribution is 0.888. The van der Waals surface area contributed by atoms with Crippen LogP contribution in [0.4, 0.5) is 11.4 Å². The van der Waals surface area contributed by atoms with Gasteiger partial charge in [-0.15, -0.1) is 0 Å². The van der Waals surface area contributed by atoms with Crippen LogP contribution >= 0.6 is 23.8 Å². The van der Waals surface area contributed by atoms with Gasteiger partial charge in [-0.2, -0.15) is 0 Å². The molecule has 0 aliphatic heterocycles. The summed E-state index contributed by atoms with van der Waals surface area (Å²) in [4.78, 5) is 0. The van der Waals surface area contributed by atoms with Gasteiger partial charge in [0.2, 0.25) is 0 Å². The van der Waals surface area contributed by atoms with Crippen LogP contribution in [0.2, 0.25) is 5.02 Å². The van der Waals surface area contributed by atoms with Gasteiger partial charge in [-0.25, -0.2) is 0 Å². The van der Waals surface area contributed by atoms with Crippen LogP contribution in [0.1, 0.15) is 5.56 Å². The third-order valence-corrected chi connectivity index (χ3v) is 3.53. The van der Waals surface area contributed by atoms with E-state index >= 15 is 0 Å². The molecule has 0 aliphatic carbocycles. The largest absolute Gasteiger partial charge is 0.331 e. The second-order valence-electron chi connectivity index (χ2n) is 4.37. The highest BCUT2D eigenvalue weighted by Crippen LogP contribution is 2.22. The van der Waals surface area contributed by atoms with Crippen molar-refractivity contribution in [3.05, 3.63) is 59.1 Å². The normalized spacial score (nSPS) is 9.95. The van der Waals surface area contributed by atoms with Gasteiger partial charge in [0.25, 0.3) is 0 Å². The number of thiocarbonyl (C=S) groups is 1. The molecule has 3 nitrogen and oxygen atoms in total. The molecule has 2 rings (SSSR count). The zero-order valence-electron chi connectivity index (χ0n) is 11.4. The first-order valence-electron chi connectivity index (χ1n) is 6.19. The minimum Gasteiger partial charge on any atom is -0.331 e. The fraction of sp³-hybridized carbons (Fsp3) is 0.133. The van der Waals surface area contributed by atoms with E-state index in [0.29, 0.717) is 10.1 Å². The predicted octanol–water partition coefficient (Wildman–Crippen LogP) is 3.99. The van der Waals surface area contributed by atoms with Crippen molar-refractivity contribution in [2.45, 2.75) is 6.92 Å². The lowest BCUT2D eigenvalue weighted by Crippen LogP contribution is -2.41. The van der Waals surface area contributed by atoms with Crippen molar-refractivity contribution in [3.8, 4) is 0 Å². The molecule has 0 heterocycles. The molecule has 20 heavy (non-hydrogen) atoms. The van der Waals surface area contributed by atoms with E-state index in [1.807, 2.05) is 67.5 Å². The fourth-order valence-corrected chi connectivity index (χ4v) is 2.18. The van der Waals surface area contributed by atoms with Gasteiger partial charge in [-0.05, 0) is 49.0 Å². The van der Waals surface area contributed by atoms with Gasteiger partial charge in [0.15, 0.2) is 5.11 Å². The minimum atomic E-state index is 0.515. The number of halogens is 1. The Morgan fingerprint density at radius 2 is 1.80 bits per heavy atom. The molecule has 2 N–H and O–H groups in total. The van der Waals surface area contributed by atoms with Crippen LogP contribution in [-0.2, 0) is 0 Å². The number of benzene rings is 2. The van der Waals surface area contributed by atoms with Gasteiger partial charge in [0, 0.05) is 17.8 Å². The van der Waals surface area contributed by atoms with E-state index in [1.54, 1.807) is 0 Å². The molecular formula is C15H16ClN3S. The molecule has 5 heteroatoms. The highest BCUT2D eigenvalue weighted by atomic mass is 35.5. The van der Waals surface area contributed by atoms with E-state index in [0.717, 1.165) is 16.9 Å². The molecule has 0 spiro atoms. The lowest BCUT2D eigenvalue weighted by atomic mass is 10.2. The molecule has 0 saturated carbocycles. The summed E-state index contributed by atoms with van der Waals surface area (Å²) in [6.07, 6.45) is 0. The molecule has 104 valence electrons. The Morgan fingerprint density at radius 1 is 1.10 bits per heavy atom. The Balaban J connectivity index is 2.01. The Kier molecular flexibility index (Phi) is 4.82. The maximum Gasteiger partial charge on any atom is 0.189 e. The molecule has 0 amide bonds. The van der Waals surface area contributed by atoms with Gasteiger partial charge < -0.3 is 5.32 Å². The van der Waals surface area contributed by atoms with Crippen LogP contribution in [0.25, 0.3) is 0 Å². The Bertz CT molecular complexity index is 601. The lowest BCUT2D eigenvalue weighted by Gasteiger charge is -2.22. The third-order valence-electron chi connectivity index (χ3n) is 2.93. The Labute approximate surface area is 129 Å². The van der Waals surface area contributed by atoms with Crippen LogP contribution in [0, 0.1) is 6.92 Å².